The molecule has 0 heterocycles. The van der Waals surface area contributed by atoms with E-state index >= 15 is 0 Å². The number of hydrogen-bond acceptors (Lipinski definition) is 3. The summed E-state index contributed by atoms with van der Waals surface area (Å²) in [5.41, 5.74) is 0. The molecule has 0 aliphatic rings. The molecular weight excluding hydrogens is 232 g/mol. The van der Waals surface area contributed by atoms with Crippen LogP contribution < -0.4 is 15.4 Å². The molecule has 1 aromatic rings. The van der Waals surface area contributed by atoms with E-state index in [4.69, 9.17) is 9.84 Å². The highest BCUT2D eigenvalue weighted by molar-refractivity contribution is 5.73. The molecule has 1 rings (SSSR count). The highest BCUT2D eigenvalue weighted by Crippen LogP contribution is 2.07. The minimum absolute atomic E-state index is 0.243. The maximum absolute atomic E-state index is 11.3. The van der Waals surface area contributed by atoms with Gasteiger partial charge in [0.25, 0.3) is 0 Å². The van der Waals surface area contributed by atoms with Crippen LogP contribution in [0, 0.1) is 0 Å². The van der Waals surface area contributed by atoms with Crippen molar-refractivity contribution in [3.63, 3.8) is 0 Å². The van der Waals surface area contributed by atoms with Gasteiger partial charge in [0.2, 0.25) is 0 Å². The van der Waals surface area contributed by atoms with Crippen molar-refractivity contribution < 1.29 is 14.6 Å². The smallest absolute Gasteiger partial charge is 0.314 e. The topological polar surface area (TPSA) is 70.6 Å². The zero-order chi connectivity index (χ0) is 13.2. The number of hydrogen-bond donors (Lipinski definition) is 3. The van der Waals surface area contributed by atoms with Gasteiger partial charge in [0.1, 0.15) is 12.4 Å². The summed E-state index contributed by atoms with van der Waals surface area (Å²) in [6.45, 7) is 3.01. The van der Waals surface area contributed by atoms with Crippen molar-refractivity contribution in [1.29, 1.82) is 0 Å². The fraction of sp³-hybridized carbons (Fsp3) is 0.462. The third-order valence-corrected chi connectivity index (χ3v) is 2.25. The summed E-state index contributed by atoms with van der Waals surface area (Å²) in [5.74, 6) is 0.786. The minimum Gasteiger partial charge on any atom is -0.492 e. The zero-order valence-corrected chi connectivity index (χ0v) is 10.6. The van der Waals surface area contributed by atoms with Crippen LogP contribution in [0.4, 0.5) is 4.79 Å². The summed E-state index contributed by atoms with van der Waals surface area (Å²) in [6, 6.07) is 9.19. The number of para-hydroxylation sites is 1. The average Bonchev–Trinajstić information content (AvgIpc) is 2.35. The van der Waals surface area contributed by atoms with E-state index in [1.165, 1.54) is 0 Å². The Kier molecular flexibility index (Phi) is 6.64. The second-order valence-corrected chi connectivity index (χ2v) is 3.98. The molecule has 5 nitrogen and oxygen atoms in total. The van der Waals surface area contributed by atoms with Gasteiger partial charge in [-0.05, 0) is 25.5 Å². The highest BCUT2D eigenvalue weighted by Gasteiger charge is 2.00. The molecule has 0 spiro atoms. The molecule has 0 bridgehead atoms. The molecule has 100 valence electrons. The third-order valence-electron chi connectivity index (χ3n) is 2.25. The number of amides is 2. The first-order valence-corrected chi connectivity index (χ1v) is 6.06. The van der Waals surface area contributed by atoms with Crippen LogP contribution in [0.5, 0.6) is 5.75 Å². The average molecular weight is 252 g/mol. The number of nitrogens with one attached hydrogen (secondary N) is 2. The van der Waals surface area contributed by atoms with Gasteiger partial charge in [0, 0.05) is 6.54 Å². The summed E-state index contributed by atoms with van der Waals surface area (Å²) in [5, 5.41) is 14.3. The Bertz CT molecular complexity index is 341. The Balaban J connectivity index is 2.02. The molecule has 0 aliphatic heterocycles. The van der Waals surface area contributed by atoms with Crippen LogP contribution in [0.3, 0.4) is 0 Å². The van der Waals surface area contributed by atoms with Gasteiger partial charge in [-0.25, -0.2) is 4.79 Å². The van der Waals surface area contributed by atoms with Crippen LogP contribution >= 0.6 is 0 Å². The SMILES string of the molecule is CC(O)CCNC(=O)NCCOc1ccccc1. The lowest BCUT2D eigenvalue weighted by Gasteiger charge is -2.09. The fourth-order valence-electron chi connectivity index (χ4n) is 1.31. The monoisotopic (exact) mass is 252 g/mol. The number of benzene rings is 1. The van der Waals surface area contributed by atoms with Gasteiger partial charge in [0.05, 0.1) is 12.6 Å². The predicted molar refractivity (Wildman–Crippen MR) is 69.6 cm³/mol. The Morgan fingerprint density at radius 3 is 2.61 bits per heavy atom. The van der Waals surface area contributed by atoms with Crippen molar-refractivity contribution in [2.45, 2.75) is 19.4 Å². The highest BCUT2D eigenvalue weighted by atomic mass is 16.5. The Morgan fingerprint density at radius 2 is 1.94 bits per heavy atom. The molecule has 1 atom stereocenters. The molecule has 3 N–H and O–H groups in total. The third kappa shape index (κ3) is 6.75. The van der Waals surface area contributed by atoms with Crippen molar-refractivity contribution in [2.24, 2.45) is 0 Å². The van der Waals surface area contributed by atoms with Crippen LogP contribution in [0.15, 0.2) is 30.3 Å². The number of carbonyl (C=O) groups is 1. The maximum atomic E-state index is 11.3. The Labute approximate surface area is 107 Å². The normalized spacial score (nSPS) is 11.7. The van der Waals surface area contributed by atoms with Crippen molar-refractivity contribution in [3.8, 4) is 5.75 Å². The number of carbonyl (C=O) groups excluding carboxylic acids is 1. The van der Waals surface area contributed by atoms with Gasteiger partial charge in [-0.2, -0.15) is 0 Å². The summed E-state index contributed by atoms with van der Waals surface area (Å²) in [6.07, 6.45) is 0.153. The van der Waals surface area contributed by atoms with E-state index in [1.807, 2.05) is 30.3 Å². The van der Waals surface area contributed by atoms with Gasteiger partial charge < -0.3 is 20.5 Å². The van der Waals surface area contributed by atoms with E-state index in [-0.39, 0.29) is 6.03 Å². The lowest BCUT2D eigenvalue weighted by atomic mass is 10.3. The lowest BCUT2D eigenvalue weighted by Crippen LogP contribution is -2.38. The number of urea groups is 1. The molecule has 0 saturated carbocycles. The molecule has 0 aromatic heterocycles. The molecule has 0 saturated heterocycles. The van der Waals surface area contributed by atoms with Gasteiger partial charge in [-0.1, -0.05) is 18.2 Å². The standard InChI is InChI=1S/C13H20N2O3/c1-11(16)7-8-14-13(17)15-9-10-18-12-5-3-2-4-6-12/h2-6,11,16H,7-10H2,1H3,(H2,14,15,17). The van der Waals surface area contributed by atoms with E-state index in [0.717, 1.165) is 5.75 Å². The van der Waals surface area contributed by atoms with Gasteiger partial charge in [-0.15, -0.1) is 0 Å². The van der Waals surface area contributed by atoms with Crippen LogP contribution in [-0.2, 0) is 0 Å². The molecule has 0 aliphatic carbocycles. The Hall–Kier alpha value is -1.75. The van der Waals surface area contributed by atoms with Crippen LogP contribution in [-0.4, -0.2) is 36.9 Å². The Morgan fingerprint density at radius 1 is 1.28 bits per heavy atom. The summed E-state index contributed by atoms with van der Waals surface area (Å²) >= 11 is 0. The summed E-state index contributed by atoms with van der Waals surface area (Å²) in [4.78, 5) is 11.3. The van der Waals surface area contributed by atoms with Crippen molar-refractivity contribution in [2.75, 3.05) is 19.7 Å². The van der Waals surface area contributed by atoms with Crippen LogP contribution in [0.2, 0.25) is 0 Å². The van der Waals surface area contributed by atoms with E-state index in [1.54, 1.807) is 6.92 Å². The summed E-state index contributed by atoms with van der Waals surface area (Å²) < 4.78 is 5.42. The van der Waals surface area contributed by atoms with E-state index in [0.29, 0.717) is 26.1 Å². The quantitative estimate of drug-likeness (QED) is 0.637. The predicted octanol–water partition coefficient (Wildman–Crippen LogP) is 1.14. The van der Waals surface area contributed by atoms with E-state index in [9.17, 15) is 4.79 Å². The second kappa shape index (κ2) is 8.36. The first-order chi connectivity index (χ1) is 8.68. The molecule has 1 aromatic carbocycles. The second-order valence-electron chi connectivity index (χ2n) is 3.98. The zero-order valence-electron chi connectivity index (χ0n) is 10.6. The number of rotatable bonds is 7. The first-order valence-electron chi connectivity index (χ1n) is 6.06. The molecule has 0 radical (unpaired) electrons. The van der Waals surface area contributed by atoms with Crippen molar-refractivity contribution in [3.05, 3.63) is 30.3 Å². The largest absolute Gasteiger partial charge is 0.492 e. The van der Waals surface area contributed by atoms with Crippen LogP contribution in [0.25, 0.3) is 0 Å². The number of ether oxygens (including phenoxy) is 1. The van der Waals surface area contributed by atoms with Crippen LogP contribution in [0.1, 0.15) is 13.3 Å². The van der Waals surface area contributed by atoms with Crippen molar-refractivity contribution >= 4 is 6.03 Å². The fourth-order valence-corrected chi connectivity index (χ4v) is 1.31. The summed E-state index contributed by atoms with van der Waals surface area (Å²) in [7, 11) is 0. The number of aliphatic hydroxyl groups excluding tert-OH is 1. The van der Waals surface area contributed by atoms with E-state index in [2.05, 4.69) is 10.6 Å². The molecular formula is C13H20N2O3. The van der Waals surface area contributed by atoms with Crippen molar-refractivity contribution in [1.82, 2.24) is 10.6 Å². The van der Waals surface area contributed by atoms with Gasteiger partial charge >= 0.3 is 6.03 Å². The first kappa shape index (κ1) is 14.3. The molecule has 5 heteroatoms. The lowest BCUT2D eigenvalue weighted by molar-refractivity contribution is 0.183. The molecule has 0 fully saturated rings. The molecule has 2 amide bonds. The van der Waals surface area contributed by atoms with Gasteiger partial charge in [0.15, 0.2) is 0 Å². The van der Waals surface area contributed by atoms with Gasteiger partial charge in [-0.3, -0.25) is 0 Å². The molecule has 1 unspecified atom stereocenters. The minimum atomic E-state index is -0.397. The van der Waals surface area contributed by atoms with E-state index < -0.39 is 6.10 Å². The number of aliphatic hydroxyl groups is 1. The maximum Gasteiger partial charge on any atom is 0.314 e. The molecule has 18 heavy (non-hydrogen) atoms.